The lowest BCUT2D eigenvalue weighted by Crippen LogP contribution is -2.33. The number of anilines is 1. The highest BCUT2D eigenvalue weighted by molar-refractivity contribution is 6.31. The van der Waals surface area contributed by atoms with Crippen LogP contribution in [0.15, 0.2) is 24.7 Å². The van der Waals surface area contributed by atoms with E-state index >= 15 is 0 Å². The van der Waals surface area contributed by atoms with Crippen LogP contribution >= 0.6 is 11.6 Å². The second-order valence-corrected chi connectivity index (χ2v) is 6.67. The highest BCUT2D eigenvalue weighted by atomic mass is 35.5. The van der Waals surface area contributed by atoms with Gasteiger partial charge in [-0.25, -0.2) is 19.3 Å². The second-order valence-electron chi connectivity index (χ2n) is 6.24. The normalized spacial score (nSPS) is 17.8. The van der Waals surface area contributed by atoms with Crippen molar-refractivity contribution in [3.05, 3.63) is 35.5 Å². The summed E-state index contributed by atoms with van der Waals surface area (Å²) in [6.45, 7) is 2.68. The van der Waals surface area contributed by atoms with Crippen molar-refractivity contribution < 1.29 is 8.67 Å². The minimum absolute atomic E-state index is 0. The molecule has 0 amide bonds. The fourth-order valence-corrected chi connectivity index (χ4v) is 3.28. The molecule has 1 aliphatic heterocycles. The van der Waals surface area contributed by atoms with Gasteiger partial charge in [0.15, 0.2) is 17.5 Å². The molecule has 1 saturated heterocycles. The summed E-state index contributed by atoms with van der Waals surface area (Å²) in [6, 6.07) is 1.79. The quantitative estimate of drug-likeness (QED) is 0.651. The van der Waals surface area contributed by atoms with Crippen LogP contribution in [-0.2, 0) is 0 Å². The Morgan fingerprint density at radius 3 is 3.12 bits per heavy atom. The Labute approximate surface area is 153 Å². The predicted molar refractivity (Wildman–Crippen MR) is 103 cm³/mol. The summed E-state index contributed by atoms with van der Waals surface area (Å²) in [5.74, 6) is 0.673. The standard InChI is InChI=1S/C17H18ClFN6.3H2/c18-11-4-12-13(8-23-15(12)22-7-11)16-24-9-14(19)17(25-16)21-6-10-2-1-3-20-5-10;;;/h4,7-10,20H,1-3,5-6H2,(H,22,23)(H,21,24,25);3*1H. The van der Waals surface area contributed by atoms with Gasteiger partial charge in [0.2, 0.25) is 0 Å². The SMILES string of the molecule is Fc1cnc(-c2c[nH]c3ncc(Cl)cc23)nc1NCC1CCCNC1.[HH].[HH].[HH]. The maximum absolute atomic E-state index is 14.1. The fourth-order valence-electron chi connectivity index (χ4n) is 3.12. The molecule has 4 heterocycles. The van der Waals surface area contributed by atoms with Gasteiger partial charge >= 0.3 is 0 Å². The maximum atomic E-state index is 14.1. The van der Waals surface area contributed by atoms with Gasteiger partial charge < -0.3 is 15.6 Å². The van der Waals surface area contributed by atoms with Gasteiger partial charge in [0.25, 0.3) is 0 Å². The topological polar surface area (TPSA) is 78.5 Å². The zero-order chi connectivity index (χ0) is 17.2. The summed E-state index contributed by atoms with van der Waals surface area (Å²) in [5.41, 5.74) is 1.43. The third-order valence-electron chi connectivity index (χ3n) is 4.44. The third kappa shape index (κ3) is 3.43. The maximum Gasteiger partial charge on any atom is 0.183 e. The lowest BCUT2D eigenvalue weighted by molar-refractivity contribution is 0.392. The second kappa shape index (κ2) is 6.93. The Hall–Kier alpha value is -2.25. The molecule has 1 unspecified atom stereocenters. The molecule has 0 spiro atoms. The van der Waals surface area contributed by atoms with Crippen LogP contribution in [-0.4, -0.2) is 39.6 Å². The molecule has 25 heavy (non-hydrogen) atoms. The molecule has 0 saturated carbocycles. The first-order valence-electron chi connectivity index (χ1n) is 8.31. The van der Waals surface area contributed by atoms with E-state index in [1.54, 1.807) is 18.5 Å². The van der Waals surface area contributed by atoms with Gasteiger partial charge in [0.1, 0.15) is 5.65 Å². The van der Waals surface area contributed by atoms with E-state index < -0.39 is 5.82 Å². The number of nitrogens with zero attached hydrogens (tertiary/aromatic N) is 3. The van der Waals surface area contributed by atoms with Crippen molar-refractivity contribution in [1.29, 1.82) is 0 Å². The Bertz CT molecular complexity index is 904. The van der Waals surface area contributed by atoms with Crippen molar-refractivity contribution in [2.75, 3.05) is 25.0 Å². The van der Waals surface area contributed by atoms with Gasteiger partial charge in [0, 0.05) is 34.2 Å². The summed E-state index contributed by atoms with van der Waals surface area (Å²) in [6.07, 6.45) is 6.80. The Morgan fingerprint density at radius 1 is 1.36 bits per heavy atom. The van der Waals surface area contributed by atoms with E-state index in [1.165, 1.54) is 6.20 Å². The van der Waals surface area contributed by atoms with Crippen LogP contribution in [0.25, 0.3) is 22.4 Å². The van der Waals surface area contributed by atoms with E-state index in [1.807, 2.05) is 0 Å². The Kier molecular flexibility index (Phi) is 4.50. The number of rotatable bonds is 4. The summed E-state index contributed by atoms with van der Waals surface area (Å²) in [5, 5.41) is 7.81. The van der Waals surface area contributed by atoms with Gasteiger partial charge in [-0.1, -0.05) is 11.6 Å². The summed E-state index contributed by atoms with van der Waals surface area (Å²) < 4.78 is 14.1. The number of hydrogen-bond acceptors (Lipinski definition) is 5. The molecule has 136 valence electrons. The van der Waals surface area contributed by atoms with Crippen molar-refractivity contribution in [3.8, 4) is 11.4 Å². The molecule has 3 aromatic heterocycles. The number of fused-ring (bicyclic) bond motifs is 1. The molecule has 0 aliphatic carbocycles. The van der Waals surface area contributed by atoms with Gasteiger partial charge in [-0.05, 0) is 37.9 Å². The van der Waals surface area contributed by atoms with Crippen molar-refractivity contribution in [3.63, 3.8) is 0 Å². The first-order chi connectivity index (χ1) is 12.2. The monoisotopic (exact) mass is 366 g/mol. The summed E-state index contributed by atoms with van der Waals surface area (Å²) >= 11 is 6.03. The molecule has 1 aliphatic rings. The van der Waals surface area contributed by atoms with E-state index in [2.05, 4.69) is 30.6 Å². The highest BCUT2D eigenvalue weighted by Gasteiger charge is 2.16. The molecule has 4 rings (SSSR count). The smallest absolute Gasteiger partial charge is 0.183 e. The predicted octanol–water partition coefficient (Wildman–Crippen LogP) is 3.96. The molecule has 6 nitrogen and oxygen atoms in total. The largest absolute Gasteiger partial charge is 0.367 e. The zero-order valence-electron chi connectivity index (χ0n) is 13.5. The van der Waals surface area contributed by atoms with Gasteiger partial charge in [-0.2, -0.15) is 0 Å². The van der Waals surface area contributed by atoms with Crippen LogP contribution in [0.1, 0.15) is 17.1 Å². The fraction of sp³-hybridized carbons (Fsp3) is 0.353. The molecule has 3 N–H and O–H groups in total. The van der Waals surface area contributed by atoms with Crippen LogP contribution in [0.4, 0.5) is 10.2 Å². The van der Waals surface area contributed by atoms with E-state index in [0.717, 1.165) is 36.9 Å². The molecule has 3 aromatic rings. The van der Waals surface area contributed by atoms with Gasteiger partial charge in [-0.15, -0.1) is 0 Å². The number of H-pyrrole nitrogens is 1. The van der Waals surface area contributed by atoms with Crippen molar-refractivity contribution in [2.24, 2.45) is 5.92 Å². The van der Waals surface area contributed by atoms with E-state index in [4.69, 9.17) is 11.6 Å². The summed E-state index contributed by atoms with van der Waals surface area (Å²) in [4.78, 5) is 15.8. The minimum Gasteiger partial charge on any atom is -0.367 e. The number of piperidine rings is 1. The van der Waals surface area contributed by atoms with Crippen molar-refractivity contribution in [1.82, 2.24) is 25.3 Å². The highest BCUT2D eigenvalue weighted by Crippen LogP contribution is 2.28. The number of pyridine rings is 1. The molecular weight excluding hydrogens is 343 g/mol. The Balaban J connectivity index is 0.00000131. The van der Waals surface area contributed by atoms with E-state index in [0.29, 0.717) is 29.0 Å². The molecule has 1 atom stereocenters. The molecule has 0 radical (unpaired) electrons. The van der Waals surface area contributed by atoms with Crippen molar-refractivity contribution in [2.45, 2.75) is 12.8 Å². The van der Waals surface area contributed by atoms with Crippen LogP contribution in [0.2, 0.25) is 5.02 Å². The van der Waals surface area contributed by atoms with Crippen molar-refractivity contribution >= 4 is 28.5 Å². The number of aromatic nitrogens is 4. The third-order valence-corrected chi connectivity index (χ3v) is 4.65. The summed E-state index contributed by atoms with van der Waals surface area (Å²) in [7, 11) is 0. The molecule has 1 fully saturated rings. The molecule has 0 bridgehead atoms. The number of hydrogen-bond donors (Lipinski definition) is 3. The average Bonchev–Trinajstić information content (AvgIpc) is 3.05. The molecule has 8 heteroatoms. The number of nitrogens with one attached hydrogen (secondary N) is 3. The van der Waals surface area contributed by atoms with Gasteiger partial charge in [0.05, 0.1) is 11.2 Å². The van der Waals surface area contributed by atoms with Crippen LogP contribution in [0, 0.1) is 11.7 Å². The first kappa shape index (κ1) is 16.2. The molecular formula is C17H24ClFN6. The average molecular weight is 367 g/mol. The minimum atomic E-state index is -0.455. The van der Waals surface area contributed by atoms with E-state index in [9.17, 15) is 4.39 Å². The van der Waals surface area contributed by atoms with Crippen LogP contribution < -0.4 is 10.6 Å². The Morgan fingerprint density at radius 2 is 2.28 bits per heavy atom. The van der Waals surface area contributed by atoms with Gasteiger partial charge in [-0.3, -0.25) is 0 Å². The number of halogens is 2. The first-order valence-corrected chi connectivity index (χ1v) is 8.68. The van der Waals surface area contributed by atoms with Crippen LogP contribution in [0.3, 0.4) is 0 Å². The van der Waals surface area contributed by atoms with E-state index in [-0.39, 0.29) is 10.1 Å². The molecule has 0 aromatic carbocycles. The lowest BCUT2D eigenvalue weighted by Gasteiger charge is -2.23. The zero-order valence-corrected chi connectivity index (χ0v) is 14.3. The number of aromatic amines is 1. The van der Waals surface area contributed by atoms with Crippen LogP contribution in [0.5, 0.6) is 0 Å². The lowest BCUT2D eigenvalue weighted by atomic mass is 10.00.